The first-order valence-electron chi connectivity index (χ1n) is 9.98. The molecule has 0 aliphatic carbocycles. The molecule has 0 aliphatic rings. The number of nitrogens with one attached hydrogen (secondary N) is 1. The molecule has 2 N–H and O–H groups in total. The third-order valence-electron chi connectivity index (χ3n) is 4.61. The maximum atomic E-state index is 12.2. The molecule has 1 amide bonds. The number of methoxy groups -OCH3 is 2. The summed E-state index contributed by atoms with van der Waals surface area (Å²) in [7, 11) is 3.04. The average Bonchev–Trinajstić information content (AvgIpc) is 2.76. The molecule has 0 saturated carbocycles. The van der Waals surface area contributed by atoms with Crippen molar-refractivity contribution in [1.29, 1.82) is 0 Å². The van der Waals surface area contributed by atoms with Crippen LogP contribution < -0.4 is 24.3 Å². The Labute approximate surface area is 188 Å². The van der Waals surface area contributed by atoms with Crippen molar-refractivity contribution in [2.45, 2.75) is 32.8 Å². The van der Waals surface area contributed by atoms with Crippen molar-refractivity contribution in [3.05, 3.63) is 46.5 Å². The van der Waals surface area contributed by atoms with Gasteiger partial charge in [0.1, 0.15) is 18.5 Å². The van der Waals surface area contributed by atoms with Gasteiger partial charge in [0.25, 0.3) is 5.91 Å². The van der Waals surface area contributed by atoms with Crippen molar-refractivity contribution in [3.63, 3.8) is 0 Å². The Kier molecular flexibility index (Phi) is 9.27. The fourth-order valence-electron chi connectivity index (χ4n) is 2.87. The maximum absolute atomic E-state index is 12.2. The predicted octanol–water partition coefficient (Wildman–Crippen LogP) is 3.72. The molecule has 0 aliphatic heterocycles. The van der Waals surface area contributed by atoms with Gasteiger partial charge in [-0.05, 0) is 48.2 Å². The first-order valence-corrected chi connectivity index (χ1v) is 10.4. The third-order valence-corrected chi connectivity index (χ3v) is 5.02. The molecule has 0 radical (unpaired) electrons. The summed E-state index contributed by atoms with van der Waals surface area (Å²) in [5.74, 6) is 1.84. The van der Waals surface area contributed by atoms with Crippen molar-refractivity contribution in [2.24, 2.45) is 0 Å². The fourth-order valence-corrected chi connectivity index (χ4v) is 3.04. The highest BCUT2D eigenvalue weighted by Crippen LogP contribution is 2.36. The van der Waals surface area contributed by atoms with Crippen LogP contribution in [0.4, 0.5) is 0 Å². The molecule has 7 nitrogen and oxygen atoms in total. The van der Waals surface area contributed by atoms with E-state index in [-0.39, 0.29) is 31.6 Å². The number of benzene rings is 2. The number of carbonyl (C=O) groups is 1. The minimum Gasteiger partial charge on any atom is -0.493 e. The number of hydrogen-bond donors (Lipinski definition) is 2. The highest BCUT2D eigenvalue weighted by molar-refractivity contribution is 6.31. The van der Waals surface area contributed by atoms with Gasteiger partial charge in [-0.15, -0.1) is 0 Å². The van der Waals surface area contributed by atoms with Crippen LogP contribution in [0.3, 0.4) is 0 Å². The van der Waals surface area contributed by atoms with Gasteiger partial charge in [0, 0.05) is 11.6 Å². The van der Waals surface area contributed by atoms with Crippen LogP contribution in [0.25, 0.3) is 0 Å². The third kappa shape index (κ3) is 6.94. The summed E-state index contributed by atoms with van der Waals surface area (Å²) in [4.78, 5) is 12.2. The number of ether oxygens (including phenoxy) is 4. The summed E-state index contributed by atoms with van der Waals surface area (Å²) in [6.45, 7) is 5.73. The molecule has 31 heavy (non-hydrogen) atoms. The molecule has 2 aromatic rings. The lowest BCUT2D eigenvalue weighted by atomic mass is 10.0. The quantitative estimate of drug-likeness (QED) is 0.541. The average molecular weight is 452 g/mol. The molecule has 0 fully saturated rings. The van der Waals surface area contributed by atoms with E-state index >= 15 is 0 Å². The molecular formula is C23H30ClNO6. The van der Waals surface area contributed by atoms with Gasteiger partial charge in [-0.2, -0.15) is 0 Å². The van der Waals surface area contributed by atoms with Crippen molar-refractivity contribution in [1.82, 2.24) is 5.32 Å². The number of halogens is 1. The van der Waals surface area contributed by atoms with Crippen LogP contribution in [-0.4, -0.2) is 51.1 Å². The second kappa shape index (κ2) is 11.7. The lowest BCUT2D eigenvalue weighted by molar-refractivity contribution is -0.123. The predicted molar refractivity (Wildman–Crippen MR) is 120 cm³/mol. The highest BCUT2D eigenvalue weighted by atomic mass is 35.5. The molecule has 1 atom stereocenters. The van der Waals surface area contributed by atoms with Crippen molar-refractivity contribution >= 4 is 17.5 Å². The normalized spacial score (nSPS) is 11.7. The Hall–Kier alpha value is -2.64. The molecule has 2 rings (SSSR count). The molecule has 170 valence electrons. The molecule has 0 aromatic heterocycles. The second-order valence-corrected chi connectivity index (χ2v) is 7.75. The van der Waals surface area contributed by atoms with Gasteiger partial charge >= 0.3 is 0 Å². The number of rotatable bonds is 11. The zero-order valence-corrected chi connectivity index (χ0v) is 19.3. The number of amides is 1. The van der Waals surface area contributed by atoms with Gasteiger partial charge in [0.15, 0.2) is 18.1 Å². The Bertz CT molecular complexity index is 864. The summed E-state index contributed by atoms with van der Waals surface area (Å²) in [6.07, 6.45) is -0.928. The SMILES string of the molecule is COc1cccc(OC)c1OCC(O)CNC(=O)COc1cc(C)c(Cl)cc1C(C)C. The van der Waals surface area contributed by atoms with Gasteiger partial charge < -0.3 is 29.4 Å². The van der Waals surface area contributed by atoms with E-state index in [4.69, 9.17) is 30.5 Å². The van der Waals surface area contributed by atoms with Gasteiger partial charge in [-0.1, -0.05) is 31.5 Å². The first kappa shape index (κ1) is 24.6. The molecule has 0 saturated heterocycles. The standard InChI is InChI=1S/C23H30ClNO6/c1-14(2)17-10-18(24)15(3)9-21(17)30-13-22(27)25-11-16(26)12-31-23-19(28-4)7-6-8-20(23)29-5/h6-10,14,16,26H,11-13H2,1-5H3,(H,25,27). The van der Waals surface area contributed by atoms with Gasteiger partial charge in [0.2, 0.25) is 5.75 Å². The highest BCUT2D eigenvalue weighted by Gasteiger charge is 2.16. The fraction of sp³-hybridized carbons (Fsp3) is 0.435. The van der Waals surface area contributed by atoms with Crippen molar-refractivity contribution in [3.8, 4) is 23.0 Å². The Balaban J connectivity index is 1.85. The Morgan fingerprint density at radius 3 is 2.32 bits per heavy atom. The summed E-state index contributed by atoms with van der Waals surface area (Å²) < 4.78 is 21.9. The molecular weight excluding hydrogens is 422 g/mol. The van der Waals surface area contributed by atoms with Gasteiger partial charge in [0.05, 0.1) is 14.2 Å². The lowest BCUT2D eigenvalue weighted by Gasteiger charge is -2.18. The van der Waals surface area contributed by atoms with Crippen LogP contribution in [0.15, 0.2) is 30.3 Å². The van der Waals surface area contributed by atoms with E-state index in [1.54, 1.807) is 18.2 Å². The van der Waals surface area contributed by atoms with E-state index in [2.05, 4.69) is 5.32 Å². The zero-order chi connectivity index (χ0) is 23.0. The zero-order valence-electron chi connectivity index (χ0n) is 18.5. The second-order valence-electron chi connectivity index (χ2n) is 7.34. The topological polar surface area (TPSA) is 86.3 Å². The van der Waals surface area contributed by atoms with Crippen LogP contribution >= 0.6 is 11.6 Å². The van der Waals surface area contributed by atoms with E-state index in [9.17, 15) is 9.90 Å². The van der Waals surface area contributed by atoms with Crippen molar-refractivity contribution in [2.75, 3.05) is 34.0 Å². The van der Waals surface area contributed by atoms with E-state index < -0.39 is 6.10 Å². The van der Waals surface area contributed by atoms with Crippen LogP contribution in [-0.2, 0) is 4.79 Å². The molecule has 0 spiro atoms. The minimum absolute atomic E-state index is 0.0103. The Morgan fingerprint density at radius 1 is 1.10 bits per heavy atom. The van der Waals surface area contributed by atoms with Gasteiger partial charge in [-0.3, -0.25) is 4.79 Å². The number of para-hydroxylation sites is 1. The molecule has 2 aromatic carbocycles. The van der Waals surface area contributed by atoms with E-state index in [0.717, 1.165) is 11.1 Å². The molecule has 0 heterocycles. The minimum atomic E-state index is -0.928. The summed E-state index contributed by atoms with van der Waals surface area (Å²) >= 11 is 6.20. The lowest BCUT2D eigenvalue weighted by Crippen LogP contribution is -2.37. The van der Waals surface area contributed by atoms with E-state index in [1.165, 1.54) is 14.2 Å². The summed E-state index contributed by atoms with van der Waals surface area (Å²) in [6, 6.07) is 8.92. The van der Waals surface area contributed by atoms with Crippen LogP contribution in [0.1, 0.15) is 30.9 Å². The van der Waals surface area contributed by atoms with E-state index in [1.807, 2.05) is 32.9 Å². The van der Waals surface area contributed by atoms with E-state index in [0.29, 0.717) is 28.0 Å². The van der Waals surface area contributed by atoms with Crippen LogP contribution in [0, 0.1) is 6.92 Å². The number of hydrogen-bond acceptors (Lipinski definition) is 6. The number of carbonyl (C=O) groups excluding carboxylic acids is 1. The number of aliphatic hydroxyl groups excluding tert-OH is 1. The van der Waals surface area contributed by atoms with Crippen molar-refractivity contribution < 1.29 is 28.8 Å². The first-order chi connectivity index (χ1) is 14.8. The number of aryl methyl sites for hydroxylation is 1. The summed E-state index contributed by atoms with van der Waals surface area (Å²) in [5, 5.41) is 13.5. The monoisotopic (exact) mass is 451 g/mol. The number of aliphatic hydroxyl groups is 1. The largest absolute Gasteiger partial charge is 0.493 e. The molecule has 0 bridgehead atoms. The molecule has 8 heteroatoms. The smallest absolute Gasteiger partial charge is 0.258 e. The Morgan fingerprint density at radius 2 is 1.74 bits per heavy atom. The maximum Gasteiger partial charge on any atom is 0.258 e. The van der Waals surface area contributed by atoms with Crippen LogP contribution in [0.5, 0.6) is 23.0 Å². The van der Waals surface area contributed by atoms with Gasteiger partial charge in [-0.25, -0.2) is 0 Å². The summed E-state index contributed by atoms with van der Waals surface area (Å²) in [5.41, 5.74) is 1.81. The molecule has 1 unspecified atom stereocenters. The van der Waals surface area contributed by atoms with Crippen LogP contribution in [0.2, 0.25) is 5.02 Å².